The number of pyridine rings is 2. The number of hydrogen-bond donors (Lipinski definition) is 1. The minimum atomic E-state index is -4.46. The number of alkyl halides is 3. The van der Waals surface area contributed by atoms with Crippen LogP contribution in [0.4, 0.5) is 13.2 Å². The van der Waals surface area contributed by atoms with Crippen molar-refractivity contribution < 1.29 is 17.9 Å². The number of halogens is 3. The van der Waals surface area contributed by atoms with Crippen LogP contribution < -0.4 is 10.1 Å². The summed E-state index contributed by atoms with van der Waals surface area (Å²) in [5.74, 6) is 0.578. The van der Waals surface area contributed by atoms with Crippen molar-refractivity contribution in [3.63, 3.8) is 0 Å². The van der Waals surface area contributed by atoms with E-state index in [1.807, 2.05) is 6.07 Å². The number of nitrogens with zero attached hydrogens (tertiary/aromatic N) is 2. The molecule has 0 atom stereocenters. The lowest BCUT2D eigenvalue weighted by atomic mass is 10.0. The molecule has 1 N–H and O–H groups in total. The second-order valence-electron chi connectivity index (χ2n) is 5.02. The highest BCUT2D eigenvalue weighted by Crippen LogP contribution is 2.32. The van der Waals surface area contributed by atoms with Gasteiger partial charge in [-0.25, -0.2) is 9.97 Å². The van der Waals surface area contributed by atoms with Gasteiger partial charge in [0.25, 0.3) is 0 Å². The largest absolute Gasteiger partial charge is 0.437 e. The van der Waals surface area contributed by atoms with Crippen molar-refractivity contribution in [3.05, 3.63) is 54.0 Å². The van der Waals surface area contributed by atoms with E-state index >= 15 is 0 Å². The highest BCUT2D eigenvalue weighted by atomic mass is 19.4. The molecular formula is C16H14F3N3O. The van der Waals surface area contributed by atoms with E-state index in [2.05, 4.69) is 21.4 Å². The van der Waals surface area contributed by atoms with E-state index < -0.39 is 11.9 Å². The zero-order chi connectivity index (χ0) is 16.3. The molecular weight excluding hydrogens is 307 g/mol. The maximum Gasteiger partial charge on any atom is 0.433 e. The molecule has 4 nitrogen and oxygen atoms in total. The minimum absolute atomic E-state index is 0.215. The van der Waals surface area contributed by atoms with Gasteiger partial charge < -0.3 is 10.1 Å². The Morgan fingerprint density at radius 1 is 1.13 bits per heavy atom. The molecule has 0 aliphatic carbocycles. The van der Waals surface area contributed by atoms with Gasteiger partial charge in [-0.05, 0) is 42.8 Å². The fraction of sp³-hybridized carbons (Fsp3) is 0.250. The fourth-order valence-electron chi connectivity index (χ4n) is 2.30. The van der Waals surface area contributed by atoms with Crippen molar-refractivity contribution in [1.29, 1.82) is 0 Å². The Morgan fingerprint density at radius 3 is 2.65 bits per heavy atom. The van der Waals surface area contributed by atoms with Crippen LogP contribution in [0.15, 0.2) is 42.7 Å². The quantitative estimate of drug-likeness (QED) is 0.937. The zero-order valence-electron chi connectivity index (χ0n) is 12.1. The van der Waals surface area contributed by atoms with Gasteiger partial charge in [-0.3, -0.25) is 0 Å². The second kappa shape index (κ2) is 6.37. The van der Waals surface area contributed by atoms with Crippen molar-refractivity contribution in [2.75, 3.05) is 13.1 Å². The Hall–Kier alpha value is -2.41. The summed E-state index contributed by atoms with van der Waals surface area (Å²) in [6.45, 7) is 1.63. The second-order valence-corrected chi connectivity index (χ2v) is 5.02. The molecule has 0 saturated heterocycles. The predicted molar refractivity (Wildman–Crippen MR) is 79.0 cm³/mol. The van der Waals surface area contributed by atoms with Crippen molar-refractivity contribution in [2.24, 2.45) is 0 Å². The summed E-state index contributed by atoms with van der Waals surface area (Å²) in [7, 11) is 0. The Balaban J connectivity index is 1.84. The third-order valence-corrected chi connectivity index (χ3v) is 3.42. The van der Waals surface area contributed by atoms with Crippen molar-refractivity contribution in [2.45, 2.75) is 12.6 Å². The first kappa shape index (κ1) is 15.5. The monoisotopic (exact) mass is 321 g/mol. The molecule has 2 aromatic rings. The summed E-state index contributed by atoms with van der Waals surface area (Å²) in [5.41, 5.74) is 0.993. The van der Waals surface area contributed by atoms with Gasteiger partial charge in [0.1, 0.15) is 11.4 Å². The SMILES string of the molecule is FC(F)(F)c1ccc(Oc2ncccc2C2=CCNCC2)cn1. The Kier molecular flexibility index (Phi) is 4.29. The number of nitrogens with one attached hydrogen (secondary N) is 1. The summed E-state index contributed by atoms with van der Waals surface area (Å²) >= 11 is 0. The third-order valence-electron chi connectivity index (χ3n) is 3.42. The van der Waals surface area contributed by atoms with Gasteiger partial charge in [-0.1, -0.05) is 6.08 Å². The van der Waals surface area contributed by atoms with Crippen molar-refractivity contribution in [3.8, 4) is 11.6 Å². The first-order valence-electron chi connectivity index (χ1n) is 7.10. The van der Waals surface area contributed by atoms with Gasteiger partial charge in [0.15, 0.2) is 0 Å². The van der Waals surface area contributed by atoms with E-state index in [9.17, 15) is 13.2 Å². The molecule has 0 spiro atoms. The smallest absolute Gasteiger partial charge is 0.433 e. The molecule has 0 saturated carbocycles. The molecule has 23 heavy (non-hydrogen) atoms. The average Bonchev–Trinajstić information content (AvgIpc) is 2.56. The summed E-state index contributed by atoms with van der Waals surface area (Å²) in [5, 5.41) is 3.22. The lowest BCUT2D eigenvalue weighted by Gasteiger charge is -2.16. The Bertz CT molecular complexity index is 711. The van der Waals surface area contributed by atoms with Crippen molar-refractivity contribution >= 4 is 5.57 Å². The predicted octanol–water partition coefficient (Wildman–Crippen LogP) is 3.66. The molecule has 0 amide bonds. The molecule has 0 aromatic carbocycles. The van der Waals surface area contributed by atoms with Crippen LogP contribution in [0, 0.1) is 0 Å². The Labute approximate surface area is 131 Å². The van der Waals surface area contributed by atoms with Crippen LogP contribution in [0.5, 0.6) is 11.6 Å². The molecule has 1 aliphatic rings. The summed E-state index contributed by atoms with van der Waals surface area (Å²) < 4.78 is 43.2. The topological polar surface area (TPSA) is 47.0 Å². The van der Waals surface area contributed by atoms with Gasteiger partial charge >= 0.3 is 6.18 Å². The maximum absolute atomic E-state index is 12.5. The van der Waals surface area contributed by atoms with Crippen LogP contribution in [-0.2, 0) is 6.18 Å². The number of hydrogen-bond acceptors (Lipinski definition) is 4. The van der Waals surface area contributed by atoms with Gasteiger partial charge in [-0.15, -0.1) is 0 Å². The molecule has 0 unspecified atom stereocenters. The first-order valence-corrected chi connectivity index (χ1v) is 7.10. The lowest BCUT2D eigenvalue weighted by Crippen LogP contribution is -2.20. The van der Waals surface area contributed by atoms with Crippen LogP contribution in [-0.4, -0.2) is 23.1 Å². The molecule has 0 fully saturated rings. The van der Waals surface area contributed by atoms with Crippen LogP contribution in [0.1, 0.15) is 17.7 Å². The van der Waals surface area contributed by atoms with E-state index in [4.69, 9.17) is 4.74 Å². The molecule has 2 aromatic heterocycles. The summed E-state index contributed by atoms with van der Waals surface area (Å²) in [6, 6.07) is 5.82. The Morgan fingerprint density at radius 2 is 2.00 bits per heavy atom. The third kappa shape index (κ3) is 3.68. The lowest BCUT2D eigenvalue weighted by molar-refractivity contribution is -0.141. The standard InChI is InChI=1S/C16H14F3N3O/c17-16(18,19)14-4-3-12(10-22-14)23-15-13(2-1-7-21-15)11-5-8-20-9-6-11/h1-5,7,10,20H,6,8-9H2. The average molecular weight is 321 g/mol. The van der Waals surface area contributed by atoms with E-state index in [1.165, 1.54) is 6.07 Å². The van der Waals surface area contributed by atoms with Gasteiger partial charge in [0.2, 0.25) is 5.88 Å². The van der Waals surface area contributed by atoms with Crippen LogP contribution >= 0.6 is 0 Å². The molecule has 3 rings (SSSR count). The van der Waals surface area contributed by atoms with E-state index in [-0.39, 0.29) is 5.75 Å². The molecule has 0 bridgehead atoms. The van der Waals surface area contributed by atoms with E-state index in [0.29, 0.717) is 5.88 Å². The first-order chi connectivity index (χ1) is 11.0. The van der Waals surface area contributed by atoms with Gasteiger partial charge in [0.05, 0.1) is 6.20 Å². The summed E-state index contributed by atoms with van der Waals surface area (Å²) in [4.78, 5) is 7.57. The highest BCUT2D eigenvalue weighted by molar-refractivity contribution is 5.70. The van der Waals surface area contributed by atoms with Crippen LogP contribution in [0.3, 0.4) is 0 Å². The van der Waals surface area contributed by atoms with Crippen LogP contribution in [0.25, 0.3) is 5.57 Å². The van der Waals surface area contributed by atoms with E-state index in [0.717, 1.165) is 42.9 Å². The van der Waals surface area contributed by atoms with Crippen molar-refractivity contribution in [1.82, 2.24) is 15.3 Å². The number of ether oxygens (including phenoxy) is 1. The molecule has 0 radical (unpaired) electrons. The molecule has 7 heteroatoms. The number of rotatable bonds is 3. The zero-order valence-corrected chi connectivity index (χ0v) is 12.1. The van der Waals surface area contributed by atoms with Gasteiger partial charge in [-0.2, -0.15) is 13.2 Å². The number of aromatic nitrogens is 2. The van der Waals surface area contributed by atoms with Gasteiger partial charge in [0, 0.05) is 18.3 Å². The molecule has 120 valence electrons. The fourth-order valence-corrected chi connectivity index (χ4v) is 2.30. The maximum atomic E-state index is 12.5. The summed E-state index contributed by atoms with van der Waals surface area (Å²) in [6.07, 6.45) is 1.07. The highest BCUT2D eigenvalue weighted by Gasteiger charge is 2.32. The minimum Gasteiger partial charge on any atom is -0.437 e. The molecule has 3 heterocycles. The molecule has 1 aliphatic heterocycles. The van der Waals surface area contributed by atoms with Crippen LogP contribution in [0.2, 0.25) is 0 Å². The van der Waals surface area contributed by atoms with E-state index in [1.54, 1.807) is 12.3 Å². The normalized spacial score (nSPS) is 15.2.